The van der Waals surface area contributed by atoms with Crippen LogP contribution < -0.4 is 0 Å². The van der Waals surface area contributed by atoms with Gasteiger partial charge in [-0.1, -0.05) is 15.9 Å². The number of halogens is 2. The minimum Gasteiger partial charge on any atom is -0.462 e. The van der Waals surface area contributed by atoms with Gasteiger partial charge in [0.2, 0.25) is 0 Å². The van der Waals surface area contributed by atoms with E-state index in [1.165, 1.54) is 12.1 Å². The molecule has 0 bridgehead atoms. The van der Waals surface area contributed by atoms with Crippen molar-refractivity contribution >= 4 is 21.9 Å². The van der Waals surface area contributed by atoms with Gasteiger partial charge in [-0.25, -0.2) is 9.18 Å². The molecule has 0 saturated carbocycles. The summed E-state index contributed by atoms with van der Waals surface area (Å²) in [7, 11) is 0. The number of hydrogen-bond donors (Lipinski definition) is 0. The van der Waals surface area contributed by atoms with Gasteiger partial charge >= 0.3 is 5.97 Å². The van der Waals surface area contributed by atoms with Gasteiger partial charge in [-0.3, -0.25) is 0 Å². The summed E-state index contributed by atoms with van der Waals surface area (Å²) in [5.41, 5.74) is 0.967. The highest BCUT2D eigenvalue weighted by atomic mass is 79.9. The van der Waals surface area contributed by atoms with Crippen LogP contribution in [0.4, 0.5) is 4.39 Å². The molecule has 1 aromatic carbocycles. The van der Waals surface area contributed by atoms with Crippen molar-refractivity contribution in [3.63, 3.8) is 0 Å². The molecule has 0 fully saturated rings. The Morgan fingerprint density at radius 3 is 2.79 bits per heavy atom. The van der Waals surface area contributed by atoms with E-state index in [-0.39, 0.29) is 5.56 Å². The predicted octanol–water partition coefficient (Wildman–Crippen LogP) is 2.90. The first-order chi connectivity index (χ1) is 6.67. The number of alkyl halides is 1. The molecule has 0 aliphatic heterocycles. The molecule has 4 heteroatoms. The maximum absolute atomic E-state index is 13.0. The van der Waals surface area contributed by atoms with E-state index in [4.69, 9.17) is 4.74 Å². The van der Waals surface area contributed by atoms with Crippen molar-refractivity contribution in [2.45, 2.75) is 12.3 Å². The number of carbonyl (C=O) groups excluding carboxylic acids is 1. The normalized spacial score (nSPS) is 9.93. The van der Waals surface area contributed by atoms with Crippen LogP contribution in [-0.2, 0) is 10.1 Å². The lowest BCUT2D eigenvalue weighted by atomic mass is 10.1. The highest BCUT2D eigenvalue weighted by Crippen LogP contribution is 2.13. The Morgan fingerprint density at radius 1 is 1.50 bits per heavy atom. The molecule has 1 aromatic rings. The SMILES string of the molecule is CCOC(=O)c1cc(F)cc(CBr)c1. The predicted molar refractivity (Wildman–Crippen MR) is 55.0 cm³/mol. The number of hydrogen-bond acceptors (Lipinski definition) is 2. The standard InChI is InChI=1S/C10H10BrFO2/c1-2-14-10(13)8-3-7(6-11)4-9(12)5-8/h3-5H,2,6H2,1H3. The van der Waals surface area contributed by atoms with Crippen LogP contribution in [0.3, 0.4) is 0 Å². The lowest BCUT2D eigenvalue weighted by Gasteiger charge is -2.03. The summed E-state index contributed by atoms with van der Waals surface area (Å²) in [4.78, 5) is 11.3. The van der Waals surface area contributed by atoms with Gasteiger partial charge in [0, 0.05) is 5.33 Å². The van der Waals surface area contributed by atoms with E-state index in [2.05, 4.69) is 15.9 Å². The first kappa shape index (κ1) is 11.2. The monoisotopic (exact) mass is 260 g/mol. The van der Waals surface area contributed by atoms with Crippen molar-refractivity contribution in [3.05, 3.63) is 35.1 Å². The second kappa shape index (κ2) is 5.10. The smallest absolute Gasteiger partial charge is 0.338 e. The van der Waals surface area contributed by atoms with E-state index in [1.807, 2.05) is 0 Å². The van der Waals surface area contributed by atoms with E-state index in [0.29, 0.717) is 17.5 Å². The largest absolute Gasteiger partial charge is 0.462 e. The van der Waals surface area contributed by atoms with Crippen LogP contribution in [0.1, 0.15) is 22.8 Å². The Bertz CT molecular complexity index is 339. The Morgan fingerprint density at radius 2 is 2.21 bits per heavy atom. The highest BCUT2D eigenvalue weighted by molar-refractivity contribution is 9.08. The van der Waals surface area contributed by atoms with Crippen LogP contribution in [0.15, 0.2) is 18.2 Å². The lowest BCUT2D eigenvalue weighted by molar-refractivity contribution is 0.0525. The molecule has 0 unspecified atom stereocenters. The van der Waals surface area contributed by atoms with Crippen LogP contribution in [0.5, 0.6) is 0 Å². The average Bonchev–Trinajstić information content (AvgIpc) is 2.17. The van der Waals surface area contributed by atoms with Gasteiger partial charge in [0.25, 0.3) is 0 Å². The number of rotatable bonds is 3. The van der Waals surface area contributed by atoms with Crippen LogP contribution >= 0.6 is 15.9 Å². The maximum atomic E-state index is 13.0. The summed E-state index contributed by atoms with van der Waals surface area (Å²) in [5, 5.41) is 0.511. The molecule has 0 heterocycles. The van der Waals surface area contributed by atoms with Gasteiger partial charge in [0.15, 0.2) is 0 Å². The molecule has 0 atom stereocenters. The van der Waals surface area contributed by atoms with E-state index < -0.39 is 11.8 Å². The second-order valence-electron chi connectivity index (χ2n) is 2.70. The molecule has 0 radical (unpaired) electrons. The molecule has 2 nitrogen and oxygen atoms in total. The van der Waals surface area contributed by atoms with Gasteiger partial charge in [-0.15, -0.1) is 0 Å². The van der Waals surface area contributed by atoms with E-state index in [0.717, 1.165) is 0 Å². The summed E-state index contributed by atoms with van der Waals surface area (Å²) < 4.78 is 17.7. The molecule has 0 aliphatic rings. The van der Waals surface area contributed by atoms with Crippen molar-refractivity contribution in [1.82, 2.24) is 0 Å². The highest BCUT2D eigenvalue weighted by Gasteiger charge is 2.08. The number of esters is 1. The van der Waals surface area contributed by atoms with E-state index >= 15 is 0 Å². The number of ether oxygens (including phenoxy) is 1. The summed E-state index contributed by atoms with van der Waals surface area (Å²) in [5.74, 6) is -0.917. The molecule has 0 aliphatic carbocycles. The van der Waals surface area contributed by atoms with Crippen molar-refractivity contribution in [3.8, 4) is 0 Å². The third kappa shape index (κ3) is 2.80. The van der Waals surface area contributed by atoms with Crippen LogP contribution in [-0.4, -0.2) is 12.6 Å². The first-order valence-corrected chi connectivity index (χ1v) is 5.32. The summed E-state index contributed by atoms with van der Waals surface area (Å²) in [6.45, 7) is 2.00. The summed E-state index contributed by atoms with van der Waals surface area (Å²) >= 11 is 3.20. The molecule has 1 rings (SSSR count). The maximum Gasteiger partial charge on any atom is 0.338 e. The van der Waals surface area contributed by atoms with Gasteiger partial charge in [-0.2, -0.15) is 0 Å². The van der Waals surface area contributed by atoms with Gasteiger partial charge in [0.1, 0.15) is 5.82 Å². The van der Waals surface area contributed by atoms with Crippen molar-refractivity contribution in [1.29, 1.82) is 0 Å². The quantitative estimate of drug-likeness (QED) is 0.617. The molecule has 14 heavy (non-hydrogen) atoms. The Balaban J connectivity index is 2.96. The van der Waals surface area contributed by atoms with E-state index in [1.54, 1.807) is 13.0 Å². The fourth-order valence-electron chi connectivity index (χ4n) is 1.06. The topological polar surface area (TPSA) is 26.3 Å². The minimum atomic E-state index is -0.491. The molecule has 76 valence electrons. The zero-order valence-electron chi connectivity index (χ0n) is 7.72. The third-order valence-electron chi connectivity index (χ3n) is 1.62. The van der Waals surface area contributed by atoms with Gasteiger partial charge in [0.05, 0.1) is 12.2 Å². The Kier molecular flexibility index (Phi) is 4.07. The second-order valence-corrected chi connectivity index (χ2v) is 3.26. The van der Waals surface area contributed by atoms with Gasteiger partial charge < -0.3 is 4.74 Å². The molecule has 0 spiro atoms. The minimum absolute atomic E-state index is 0.251. The zero-order valence-corrected chi connectivity index (χ0v) is 9.30. The van der Waals surface area contributed by atoms with Crippen LogP contribution in [0.2, 0.25) is 0 Å². The van der Waals surface area contributed by atoms with Gasteiger partial charge in [-0.05, 0) is 30.7 Å². The fraction of sp³-hybridized carbons (Fsp3) is 0.300. The van der Waals surface area contributed by atoms with E-state index in [9.17, 15) is 9.18 Å². The lowest BCUT2D eigenvalue weighted by Crippen LogP contribution is -2.05. The molecule has 0 saturated heterocycles. The van der Waals surface area contributed by atoms with Crippen molar-refractivity contribution < 1.29 is 13.9 Å². The number of carbonyl (C=O) groups is 1. The summed E-state index contributed by atoms with van der Waals surface area (Å²) in [6.07, 6.45) is 0. The molecular weight excluding hydrogens is 251 g/mol. The fourth-order valence-corrected chi connectivity index (χ4v) is 1.38. The van der Waals surface area contributed by atoms with Crippen LogP contribution in [0, 0.1) is 5.82 Å². The molecular formula is C10H10BrFO2. The average molecular weight is 261 g/mol. The number of benzene rings is 1. The first-order valence-electron chi connectivity index (χ1n) is 4.20. The Hall–Kier alpha value is -0.900. The molecule has 0 aromatic heterocycles. The Labute approximate surface area is 90.2 Å². The third-order valence-corrected chi connectivity index (χ3v) is 2.27. The summed E-state index contributed by atoms with van der Waals surface area (Å²) in [6, 6.07) is 4.15. The molecule has 0 N–H and O–H groups in total. The van der Waals surface area contributed by atoms with Crippen molar-refractivity contribution in [2.24, 2.45) is 0 Å². The molecule has 0 amide bonds. The van der Waals surface area contributed by atoms with Crippen LogP contribution in [0.25, 0.3) is 0 Å². The zero-order chi connectivity index (χ0) is 10.6. The van der Waals surface area contributed by atoms with Crippen molar-refractivity contribution in [2.75, 3.05) is 6.61 Å².